The number of carbonyl (C=O) groups is 2. The fraction of sp³-hybridized carbons (Fsp3) is 0.286. The van der Waals surface area contributed by atoms with E-state index >= 15 is 0 Å². The van der Waals surface area contributed by atoms with Crippen LogP contribution in [-0.4, -0.2) is 44.1 Å². The summed E-state index contributed by atoms with van der Waals surface area (Å²) in [4.78, 5) is 34.2. The minimum atomic E-state index is -4.73. The molecule has 0 radical (unpaired) electrons. The molecule has 4 rings (SSSR count). The summed E-state index contributed by atoms with van der Waals surface area (Å²) in [6, 6.07) is 8.83. The SMILES string of the molecule is CCN1C(=O)C(NC(=O)c2nccc(C(F)(F)F)n2)Cc2c(CN)nn(-c3ccccc3)c21. The summed E-state index contributed by atoms with van der Waals surface area (Å²) in [5.74, 6) is -1.53. The van der Waals surface area contributed by atoms with Crippen LogP contribution in [0.4, 0.5) is 19.0 Å². The van der Waals surface area contributed by atoms with E-state index in [0.717, 1.165) is 11.9 Å². The van der Waals surface area contributed by atoms with Crippen LogP contribution >= 0.6 is 0 Å². The highest BCUT2D eigenvalue weighted by Crippen LogP contribution is 2.33. The molecule has 1 aliphatic rings. The molecule has 0 saturated heterocycles. The third-order valence-corrected chi connectivity index (χ3v) is 5.23. The average Bonchev–Trinajstić information content (AvgIpc) is 3.18. The first-order valence-electron chi connectivity index (χ1n) is 10.1. The Kier molecular flexibility index (Phi) is 5.85. The molecule has 2 aromatic heterocycles. The van der Waals surface area contributed by atoms with Gasteiger partial charge in [-0.15, -0.1) is 0 Å². The minimum Gasteiger partial charge on any atom is -0.337 e. The number of anilines is 1. The van der Waals surface area contributed by atoms with Gasteiger partial charge in [-0.05, 0) is 25.1 Å². The number of fused-ring (bicyclic) bond motifs is 1. The molecule has 172 valence electrons. The number of hydrogen-bond acceptors (Lipinski definition) is 6. The largest absolute Gasteiger partial charge is 0.433 e. The number of nitrogens with one attached hydrogen (secondary N) is 1. The Balaban J connectivity index is 1.67. The van der Waals surface area contributed by atoms with Gasteiger partial charge in [-0.3, -0.25) is 14.5 Å². The summed E-state index contributed by atoms with van der Waals surface area (Å²) < 4.78 is 40.4. The van der Waals surface area contributed by atoms with Gasteiger partial charge in [0.15, 0.2) is 0 Å². The van der Waals surface area contributed by atoms with Crippen LogP contribution in [0.3, 0.4) is 0 Å². The van der Waals surface area contributed by atoms with E-state index in [9.17, 15) is 22.8 Å². The van der Waals surface area contributed by atoms with Crippen molar-refractivity contribution in [3.05, 3.63) is 65.4 Å². The lowest BCUT2D eigenvalue weighted by molar-refractivity contribution is -0.141. The highest BCUT2D eigenvalue weighted by Gasteiger charge is 2.39. The Hall–Kier alpha value is -3.80. The molecule has 0 bridgehead atoms. The van der Waals surface area contributed by atoms with Gasteiger partial charge in [-0.2, -0.15) is 18.3 Å². The zero-order valence-corrected chi connectivity index (χ0v) is 17.5. The van der Waals surface area contributed by atoms with E-state index in [1.807, 2.05) is 30.3 Å². The fourth-order valence-corrected chi connectivity index (χ4v) is 3.74. The van der Waals surface area contributed by atoms with Crippen LogP contribution in [0.2, 0.25) is 0 Å². The maximum atomic E-state index is 13.2. The second-order valence-electron chi connectivity index (χ2n) is 7.28. The number of nitrogens with zero attached hydrogens (tertiary/aromatic N) is 5. The molecule has 3 aromatic rings. The van der Waals surface area contributed by atoms with E-state index < -0.39 is 35.6 Å². The monoisotopic (exact) mass is 459 g/mol. The topological polar surface area (TPSA) is 119 Å². The number of amides is 2. The maximum absolute atomic E-state index is 13.2. The van der Waals surface area contributed by atoms with E-state index in [-0.39, 0.29) is 19.5 Å². The number of benzene rings is 1. The summed E-state index contributed by atoms with van der Waals surface area (Å²) in [7, 11) is 0. The van der Waals surface area contributed by atoms with Crippen molar-refractivity contribution in [2.45, 2.75) is 32.1 Å². The van der Waals surface area contributed by atoms with Crippen LogP contribution in [0.25, 0.3) is 5.69 Å². The van der Waals surface area contributed by atoms with Gasteiger partial charge in [0.1, 0.15) is 17.6 Å². The molecule has 0 aliphatic carbocycles. The summed E-state index contributed by atoms with van der Waals surface area (Å²) in [5, 5.41) is 7.03. The fourth-order valence-electron chi connectivity index (χ4n) is 3.74. The lowest BCUT2D eigenvalue weighted by Crippen LogP contribution is -2.53. The minimum absolute atomic E-state index is 0.0781. The van der Waals surface area contributed by atoms with E-state index in [2.05, 4.69) is 20.4 Å². The van der Waals surface area contributed by atoms with Crippen molar-refractivity contribution in [2.75, 3.05) is 11.4 Å². The van der Waals surface area contributed by atoms with E-state index in [0.29, 0.717) is 23.1 Å². The first-order valence-corrected chi connectivity index (χ1v) is 10.1. The molecule has 3 N–H and O–H groups in total. The molecule has 0 fully saturated rings. The highest BCUT2D eigenvalue weighted by atomic mass is 19.4. The summed E-state index contributed by atoms with van der Waals surface area (Å²) in [6.45, 7) is 2.15. The smallest absolute Gasteiger partial charge is 0.337 e. The number of aromatic nitrogens is 4. The maximum Gasteiger partial charge on any atom is 0.433 e. The van der Waals surface area contributed by atoms with Gasteiger partial charge in [0.05, 0.1) is 11.4 Å². The molecule has 12 heteroatoms. The number of hydrogen-bond donors (Lipinski definition) is 2. The predicted molar refractivity (Wildman–Crippen MR) is 111 cm³/mol. The molecule has 0 saturated carbocycles. The van der Waals surface area contributed by atoms with Gasteiger partial charge in [0.2, 0.25) is 5.82 Å². The number of likely N-dealkylation sites (N-methyl/N-ethyl adjacent to an activating group) is 1. The molecule has 3 heterocycles. The Morgan fingerprint density at radius 1 is 1.24 bits per heavy atom. The van der Waals surface area contributed by atoms with Gasteiger partial charge in [-0.25, -0.2) is 14.6 Å². The zero-order valence-electron chi connectivity index (χ0n) is 17.5. The summed E-state index contributed by atoms with van der Waals surface area (Å²) in [5.41, 5.74) is 6.61. The van der Waals surface area contributed by atoms with Crippen molar-refractivity contribution >= 4 is 17.6 Å². The van der Waals surface area contributed by atoms with Crippen LogP contribution in [0.5, 0.6) is 0 Å². The molecule has 1 aliphatic heterocycles. The Labute approximate surface area is 186 Å². The number of nitrogens with two attached hydrogens (primary N) is 1. The van der Waals surface area contributed by atoms with Crippen LogP contribution in [0, 0.1) is 0 Å². The number of alkyl halides is 3. The van der Waals surface area contributed by atoms with Crippen molar-refractivity contribution in [3.8, 4) is 5.69 Å². The van der Waals surface area contributed by atoms with E-state index in [4.69, 9.17) is 5.73 Å². The summed E-state index contributed by atoms with van der Waals surface area (Å²) >= 11 is 0. The third kappa shape index (κ3) is 4.16. The van der Waals surface area contributed by atoms with Crippen molar-refractivity contribution in [2.24, 2.45) is 5.73 Å². The molecule has 1 aromatic carbocycles. The van der Waals surface area contributed by atoms with Crippen molar-refractivity contribution in [1.82, 2.24) is 25.1 Å². The quantitative estimate of drug-likeness (QED) is 0.601. The van der Waals surface area contributed by atoms with Crippen molar-refractivity contribution in [3.63, 3.8) is 0 Å². The van der Waals surface area contributed by atoms with Gasteiger partial charge < -0.3 is 11.1 Å². The highest BCUT2D eigenvalue weighted by molar-refractivity contribution is 6.03. The Morgan fingerprint density at radius 3 is 2.61 bits per heavy atom. The second kappa shape index (κ2) is 8.62. The molecule has 0 spiro atoms. The van der Waals surface area contributed by atoms with Gasteiger partial charge >= 0.3 is 6.18 Å². The Morgan fingerprint density at radius 2 is 1.97 bits per heavy atom. The van der Waals surface area contributed by atoms with E-state index in [1.165, 1.54) is 4.90 Å². The second-order valence-corrected chi connectivity index (χ2v) is 7.28. The third-order valence-electron chi connectivity index (χ3n) is 5.23. The van der Waals surface area contributed by atoms with Crippen LogP contribution in [-0.2, 0) is 23.9 Å². The molecule has 33 heavy (non-hydrogen) atoms. The molecule has 1 unspecified atom stereocenters. The molecule has 1 atom stereocenters. The average molecular weight is 459 g/mol. The van der Waals surface area contributed by atoms with Crippen LogP contribution in [0.1, 0.15) is 34.5 Å². The Bertz CT molecular complexity index is 1190. The first kappa shape index (κ1) is 22.4. The predicted octanol–water partition coefficient (Wildman–Crippen LogP) is 1.85. The van der Waals surface area contributed by atoms with E-state index in [1.54, 1.807) is 11.6 Å². The number of para-hydroxylation sites is 1. The van der Waals surface area contributed by atoms with Crippen molar-refractivity contribution in [1.29, 1.82) is 0 Å². The molecule has 2 amide bonds. The van der Waals surface area contributed by atoms with Gasteiger partial charge in [-0.1, -0.05) is 18.2 Å². The molecular formula is C21H20F3N7O2. The lowest BCUT2D eigenvalue weighted by Gasteiger charge is -2.32. The van der Waals surface area contributed by atoms with Gasteiger partial charge in [0.25, 0.3) is 11.8 Å². The molecule has 9 nitrogen and oxygen atoms in total. The number of carbonyl (C=O) groups excluding carboxylic acids is 2. The zero-order chi connectivity index (χ0) is 23.8. The normalized spacial score (nSPS) is 16.0. The van der Waals surface area contributed by atoms with Crippen LogP contribution in [0.15, 0.2) is 42.6 Å². The van der Waals surface area contributed by atoms with Gasteiger partial charge in [0, 0.05) is 31.3 Å². The lowest BCUT2D eigenvalue weighted by atomic mass is 9.99. The standard InChI is InChI=1S/C21H20F3N7O2/c1-2-30-19-13(15(11-25)29-31(19)12-6-4-3-5-7-12)10-14(20(30)33)27-18(32)17-26-9-8-16(28-17)21(22,23)24/h3-9,14H,2,10-11,25H2,1H3,(H,27,32). The summed E-state index contributed by atoms with van der Waals surface area (Å²) in [6.07, 6.45) is -3.80. The number of halogens is 3. The molecular weight excluding hydrogens is 439 g/mol. The van der Waals surface area contributed by atoms with Crippen LogP contribution < -0.4 is 16.0 Å². The number of rotatable bonds is 5. The van der Waals surface area contributed by atoms with Crippen molar-refractivity contribution < 1.29 is 22.8 Å². The first-order chi connectivity index (χ1) is 15.7.